The van der Waals surface area contributed by atoms with Crippen LogP contribution >= 0.6 is 0 Å². The Bertz CT molecular complexity index is 107. The van der Waals surface area contributed by atoms with Crippen LogP contribution in [0.5, 0.6) is 0 Å². The van der Waals surface area contributed by atoms with Gasteiger partial charge in [-0.05, 0) is 5.21 Å². The van der Waals surface area contributed by atoms with Gasteiger partial charge in [0.2, 0.25) is 0 Å². The lowest BCUT2D eigenvalue weighted by molar-refractivity contribution is -0.755. The molecule has 6 heavy (non-hydrogen) atoms. The molecular formula is CH4N5+. The second-order valence-electron chi connectivity index (χ2n) is 0.805. The van der Waals surface area contributed by atoms with Crippen molar-refractivity contribution in [3.8, 4) is 0 Å². The van der Waals surface area contributed by atoms with Gasteiger partial charge in [-0.3, -0.25) is 0 Å². The number of tetrazole rings is 1. The molecule has 0 aliphatic rings. The van der Waals surface area contributed by atoms with Crippen molar-refractivity contribution in [2.45, 2.75) is 0 Å². The van der Waals surface area contributed by atoms with Gasteiger partial charge in [-0.2, -0.15) is 0 Å². The summed E-state index contributed by atoms with van der Waals surface area (Å²) in [6.07, 6.45) is 1.32. The van der Waals surface area contributed by atoms with Crippen LogP contribution in [0.25, 0.3) is 0 Å². The molecule has 3 N–H and O–H groups in total. The first-order chi connectivity index (χ1) is 2.89. The van der Waals surface area contributed by atoms with Crippen LogP contribution < -0.4 is 10.7 Å². The summed E-state index contributed by atoms with van der Waals surface area (Å²) >= 11 is 0. The van der Waals surface area contributed by atoms with E-state index in [-0.39, 0.29) is 0 Å². The Labute approximate surface area is 33.7 Å². The van der Waals surface area contributed by atoms with Crippen LogP contribution in [0.15, 0.2) is 6.33 Å². The number of hydrogen-bond donors (Lipinski definition) is 2. The van der Waals surface area contributed by atoms with Gasteiger partial charge in [-0.15, -0.1) is 0 Å². The highest BCUT2D eigenvalue weighted by atomic mass is 15.7. The number of nitrogen functional groups attached to an aromatic ring is 1. The Morgan fingerprint density at radius 2 is 2.67 bits per heavy atom. The smallest absolute Gasteiger partial charge is 0.229 e. The number of nitrogens with two attached hydrogens (primary N) is 1. The molecule has 5 heteroatoms. The molecule has 0 atom stereocenters. The third-order valence-corrected chi connectivity index (χ3v) is 0.394. The number of nitrogens with zero attached hydrogens (tertiary/aromatic N) is 3. The molecule has 1 aromatic rings. The van der Waals surface area contributed by atoms with Crippen molar-refractivity contribution in [3.63, 3.8) is 0 Å². The molecular weight excluding hydrogens is 82.0 g/mol. The van der Waals surface area contributed by atoms with Crippen LogP contribution in [-0.2, 0) is 0 Å². The lowest BCUT2D eigenvalue weighted by Crippen LogP contribution is -2.49. The van der Waals surface area contributed by atoms with E-state index in [4.69, 9.17) is 5.84 Å². The average Bonchev–Trinajstić information content (AvgIpc) is 1.86. The first-order valence-electron chi connectivity index (χ1n) is 1.42. The quantitative estimate of drug-likeness (QED) is 0.278. The summed E-state index contributed by atoms with van der Waals surface area (Å²) in [4.78, 5) is 1.01. The van der Waals surface area contributed by atoms with E-state index in [0.29, 0.717) is 0 Å². The Morgan fingerprint density at radius 3 is 2.83 bits per heavy atom. The summed E-state index contributed by atoms with van der Waals surface area (Å²) in [5, 5.41) is 9.20. The minimum absolute atomic E-state index is 1.01. The van der Waals surface area contributed by atoms with Gasteiger partial charge in [-0.25, -0.2) is 5.84 Å². The van der Waals surface area contributed by atoms with Crippen molar-refractivity contribution < 1.29 is 4.91 Å². The first kappa shape index (κ1) is 3.08. The fourth-order valence-corrected chi connectivity index (χ4v) is 0.192. The zero-order chi connectivity index (χ0) is 4.41. The maximum absolute atomic E-state index is 4.97. The van der Waals surface area contributed by atoms with Gasteiger partial charge in [0, 0.05) is 10.0 Å². The van der Waals surface area contributed by atoms with Crippen molar-refractivity contribution in [3.05, 3.63) is 6.33 Å². The van der Waals surface area contributed by atoms with E-state index in [9.17, 15) is 0 Å². The molecule has 0 unspecified atom stereocenters. The third-order valence-electron chi connectivity index (χ3n) is 0.394. The predicted molar refractivity (Wildman–Crippen MR) is 16.7 cm³/mol. The fourth-order valence-electron chi connectivity index (χ4n) is 0.192. The SMILES string of the molecule is N[n+]1ncn[nH]1. The molecule has 0 saturated heterocycles. The minimum Gasteiger partial charge on any atom is -0.229 e. The van der Waals surface area contributed by atoms with Crippen LogP contribution in [-0.4, -0.2) is 15.4 Å². The molecule has 0 radical (unpaired) electrons. The van der Waals surface area contributed by atoms with Crippen molar-refractivity contribution in [1.82, 2.24) is 15.4 Å². The monoisotopic (exact) mass is 86.0 g/mol. The summed E-state index contributed by atoms with van der Waals surface area (Å²) in [5.74, 6) is 4.97. The molecule has 1 heterocycles. The lowest BCUT2D eigenvalue weighted by atomic mass is 11.4. The first-order valence-corrected chi connectivity index (χ1v) is 1.42. The third kappa shape index (κ3) is 0.291. The number of aromatic amines is 1. The second-order valence-corrected chi connectivity index (χ2v) is 0.805. The normalized spacial score (nSPS) is 8.67. The number of rotatable bonds is 0. The van der Waals surface area contributed by atoms with E-state index in [0.717, 1.165) is 4.91 Å². The number of H-pyrrole nitrogens is 1. The van der Waals surface area contributed by atoms with Gasteiger partial charge in [0.05, 0.1) is 5.10 Å². The van der Waals surface area contributed by atoms with Crippen molar-refractivity contribution in [1.29, 1.82) is 0 Å². The molecule has 0 saturated carbocycles. The van der Waals surface area contributed by atoms with E-state index in [2.05, 4.69) is 15.4 Å². The predicted octanol–water partition coefficient (Wildman–Crippen LogP) is -2.19. The van der Waals surface area contributed by atoms with Gasteiger partial charge in [-0.1, -0.05) is 0 Å². The average molecular weight is 86.1 g/mol. The van der Waals surface area contributed by atoms with Crippen molar-refractivity contribution in [2.24, 2.45) is 0 Å². The molecule has 0 spiro atoms. The second kappa shape index (κ2) is 0.925. The van der Waals surface area contributed by atoms with Crippen molar-refractivity contribution >= 4 is 0 Å². The van der Waals surface area contributed by atoms with Crippen LogP contribution in [0.3, 0.4) is 0 Å². The van der Waals surface area contributed by atoms with Gasteiger partial charge in [0.25, 0.3) is 6.33 Å². The van der Waals surface area contributed by atoms with E-state index < -0.39 is 0 Å². The van der Waals surface area contributed by atoms with E-state index in [1.165, 1.54) is 6.33 Å². The standard InChI is InChI=1S/CH3N5/c2-6-4-1-3-5-6/h1H,2H2/p+1. The molecule has 5 nitrogen and oxygen atoms in total. The maximum Gasteiger partial charge on any atom is 0.299 e. The highest BCUT2D eigenvalue weighted by Gasteiger charge is 1.83. The molecule has 0 bridgehead atoms. The minimum atomic E-state index is 1.01. The van der Waals surface area contributed by atoms with Gasteiger partial charge in [0.15, 0.2) is 0 Å². The summed E-state index contributed by atoms with van der Waals surface area (Å²) in [5.41, 5.74) is 0. The van der Waals surface area contributed by atoms with Crippen molar-refractivity contribution in [2.75, 3.05) is 5.84 Å². The molecule has 0 aliphatic carbocycles. The number of nitrogens with one attached hydrogen (secondary N) is 1. The molecule has 1 rings (SSSR count). The Morgan fingerprint density at radius 1 is 1.83 bits per heavy atom. The van der Waals surface area contributed by atoms with E-state index >= 15 is 0 Å². The van der Waals surface area contributed by atoms with Crippen LogP contribution in [0, 0.1) is 0 Å². The Hall–Kier alpha value is -1.13. The van der Waals surface area contributed by atoms with E-state index in [1.54, 1.807) is 0 Å². The van der Waals surface area contributed by atoms with Crippen LogP contribution in [0.4, 0.5) is 0 Å². The largest absolute Gasteiger partial charge is 0.299 e. The molecule has 0 amide bonds. The summed E-state index contributed by atoms with van der Waals surface area (Å²) in [7, 11) is 0. The van der Waals surface area contributed by atoms with Crippen LogP contribution in [0.1, 0.15) is 0 Å². The molecule has 1 aromatic heterocycles. The number of hydrogen-bond acceptors (Lipinski definition) is 3. The summed E-state index contributed by atoms with van der Waals surface area (Å²) < 4.78 is 0. The maximum atomic E-state index is 4.97. The van der Waals surface area contributed by atoms with Gasteiger partial charge >= 0.3 is 0 Å². The molecule has 0 aliphatic heterocycles. The van der Waals surface area contributed by atoms with E-state index in [1.807, 2.05) is 0 Å². The fraction of sp³-hybridized carbons (Fsp3) is 0. The number of aromatic nitrogens is 4. The molecule has 0 fully saturated rings. The lowest BCUT2D eigenvalue weighted by Gasteiger charge is -1.63. The Balaban J connectivity index is 3.05. The summed E-state index contributed by atoms with van der Waals surface area (Å²) in [6.45, 7) is 0. The van der Waals surface area contributed by atoms with Crippen LogP contribution in [0.2, 0.25) is 0 Å². The Kier molecular flexibility index (Phi) is 0.474. The summed E-state index contributed by atoms with van der Waals surface area (Å²) in [6, 6.07) is 0. The molecule has 32 valence electrons. The highest BCUT2D eigenvalue weighted by Crippen LogP contribution is 1.39. The zero-order valence-corrected chi connectivity index (χ0v) is 3.00. The van der Waals surface area contributed by atoms with Gasteiger partial charge in [0.1, 0.15) is 0 Å². The molecule has 0 aromatic carbocycles. The zero-order valence-electron chi connectivity index (χ0n) is 3.00. The highest BCUT2D eigenvalue weighted by molar-refractivity contribution is 4.19. The van der Waals surface area contributed by atoms with Gasteiger partial charge < -0.3 is 0 Å². The topological polar surface area (TPSA) is 71.5 Å².